The SMILES string of the molecule is CN(Cc1ccccc1)C(=O)c1ccc(N2C(=O)C(C)(C)CS2(=O)=O)cc1. The summed E-state index contributed by atoms with van der Waals surface area (Å²) in [7, 11) is -1.99. The Balaban J connectivity index is 1.79. The summed E-state index contributed by atoms with van der Waals surface area (Å²) in [6.45, 7) is 3.70. The zero-order chi connectivity index (χ0) is 19.8. The average molecular weight is 386 g/mol. The first-order valence-corrected chi connectivity index (χ1v) is 10.2. The predicted molar refractivity (Wildman–Crippen MR) is 104 cm³/mol. The molecule has 0 aliphatic carbocycles. The normalized spacial score (nSPS) is 17.7. The van der Waals surface area contributed by atoms with Crippen LogP contribution in [0.2, 0.25) is 0 Å². The molecule has 1 heterocycles. The standard InChI is InChI=1S/C20H22N2O4S/c1-20(2)14-27(25,26)22(19(20)24)17-11-9-16(10-12-17)18(23)21(3)13-15-7-5-4-6-8-15/h4-12H,13-14H2,1-3H3. The fraction of sp³-hybridized carbons (Fsp3) is 0.300. The van der Waals surface area contributed by atoms with Crippen LogP contribution in [-0.2, 0) is 21.4 Å². The Hall–Kier alpha value is -2.67. The number of carbonyl (C=O) groups is 2. The highest BCUT2D eigenvalue weighted by Gasteiger charge is 2.49. The number of hydrogen-bond donors (Lipinski definition) is 0. The van der Waals surface area contributed by atoms with Gasteiger partial charge in [0.1, 0.15) is 0 Å². The first-order chi connectivity index (χ1) is 12.6. The van der Waals surface area contributed by atoms with Crippen molar-refractivity contribution in [1.29, 1.82) is 0 Å². The smallest absolute Gasteiger partial charge is 0.253 e. The lowest BCUT2D eigenvalue weighted by molar-refractivity contribution is -0.123. The first kappa shape index (κ1) is 19.1. The Kier molecular flexibility index (Phi) is 4.82. The van der Waals surface area contributed by atoms with E-state index in [9.17, 15) is 18.0 Å². The third kappa shape index (κ3) is 3.73. The number of carbonyl (C=O) groups excluding carboxylic acids is 2. The van der Waals surface area contributed by atoms with Crippen LogP contribution in [0.3, 0.4) is 0 Å². The van der Waals surface area contributed by atoms with E-state index < -0.39 is 21.3 Å². The van der Waals surface area contributed by atoms with Crippen molar-refractivity contribution in [2.75, 3.05) is 17.1 Å². The Morgan fingerprint density at radius 3 is 2.19 bits per heavy atom. The van der Waals surface area contributed by atoms with E-state index in [2.05, 4.69) is 0 Å². The van der Waals surface area contributed by atoms with Gasteiger partial charge < -0.3 is 4.90 Å². The van der Waals surface area contributed by atoms with Gasteiger partial charge in [0.05, 0.1) is 16.9 Å². The van der Waals surface area contributed by atoms with Crippen molar-refractivity contribution in [3.8, 4) is 0 Å². The van der Waals surface area contributed by atoms with Crippen LogP contribution in [0.1, 0.15) is 29.8 Å². The van der Waals surface area contributed by atoms with Crippen molar-refractivity contribution < 1.29 is 18.0 Å². The molecule has 1 saturated heterocycles. The van der Waals surface area contributed by atoms with Gasteiger partial charge in [0, 0.05) is 19.2 Å². The quantitative estimate of drug-likeness (QED) is 0.810. The molecule has 0 atom stereocenters. The van der Waals surface area contributed by atoms with E-state index in [0.29, 0.717) is 12.1 Å². The topological polar surface area (TPSA) is 74.8 Å². The van der Waals surface area contributed by atoms with Crippen LogP contribution in [0.25, 0.3) is 0 Å². The second kappa shape index (κ2) is 6.81. The van der Waals surface area contributed by atoms with Crippen molar-refractivity contribution in [3.63, 3.8) is 0 Å². The molecule has 0 bridgehead atoms. The van der Waals surface area contributed by atoms with Gasteiger partial charge in [-0.2, -0.15) is 0 Å². The van der Waals surface area contributed by atoms with Gasteiger partial charge in [-0.15, -0.1) is 0 Å². The molecule has 2 amide bonds. The maximum Gasteiger partial charge on any atom is 0.253 e. The van der Waals surface area contributed by atoms with E-state index in [1.54, 1.807) is 37.9 Å². The third-order valence-electron chi connectivity index (χ3n) is 4.54. The minimum atomic E-state index is -3.70. The monoisotopic (exact) mass is 386 g/mol. The molecule has 1 fully saturated rings. The molecule has 6 nitrogen and oxygen atoms in total. The van der Waals surface area contributed by atoms with Crippen LogP contribution in [-0.4, -0.2) is 37.9 Å². The van der Waals surface area contributed by atoms with Gasteiger partial charge in [-0.25, -0.2) is 12.7 Å². The van der Waals surface area contributed by atoms with E-state index in [4.69, 9.17) is 0 Å². The molecule has 0 aromatic heterocycles. The van der Waals surface area contributed by atoms with E-state index in [1.807, 2.05) is 30.3 Å². The molecule has 0 N–H and O–H groups in total. The summed E-state index contributed by atoms with van der Waals surface area (Å²) < 4.78 is 25.5. The van der Waals surface area contributed by atoms with Gasteiger partial charge in [0.15, 0.2) is 0 Å². The van der Waals surface area contributed by atoms with Crippen LogP contribution in [0.4, 0.5) is 5.69 Å². The molecule has 1 aliphatic rings. The Morgan fingerprint density at radius 2 is 1.67 bits per heavy atom. The number of sulfonamides is 1. The lowest BCUT2D eigenvalue weighted by Crippen LogP contribution is -2.33. The number of anilines is 1. The van der Waals surface area contributed by atoms with Gasteiger partial charge in [-0.05, 0) is 43.7 Å². The van der Waals surface area contributed by atoms with Crippen molar-refractivity contribution in [2.45, 2.75) is 20.4 Å². The highest BCUT2D eigenvalue weighted by atomic mass is 32.2. The lowest BCUT2D eigenvalue weighted by atomic mass is 9.95. The zero-order valence-corrected chi connectivity index (χ0v) is 16.4. The van der Waals surface area contributed by atoms with Crippen LogP contribution in [0.15, 0.2) is 54.6 Å². The molecule has 0 spiro atoms. The summed E-state index contributed by atoms with van der Waals surface area (Å²) in [4.78, 5) is 26.6. The predicted octanol–water partition coefficient (Wildman–Crippen LogP) is 2.66. The number of nitrogens with zero attached hydrogens (tertiary/aromatic N) is 2. The second-order valence-electron chi connectivity index (χ2n) is 7.40. The lowest BCUT2D eigenvalue weighted by Gasteiger charge is -2.19. The molecule has 2 aromatic carbocycles. The molecule has 1 aliphatic heterocycles. The zero-order valence-electron chi connectivity index (χ0n) is 15.5. The average Bonchev–Trinajstić information content (AvgIpc) is 2.78. The summed E-state index contributed by atoms with van der Waals surface area (Å²) in [5.41, 5.74) is 0.748. The van der Waals surface area contributed by atoms with Crippen LogP contribution < -0.4 is 4.31 Å². The highest BCUT2D eigenvalue weighted by Crippen LogP contribution is 2.35. The van der Waals surface area contributed by atoms with Gasteiger partial charge in [-0.3, -0.25) is 9.59 Å². The summed E-state index contributed by atoms with van der Waals surface area (Å²) in [6, 6.07) is 15.7. The van der Waals surface area contributed by atoms with Crippen molar-refractivity contribution in [1.82, 2.24) is 4.90 Å². The number of rotatable bonds is 4. The van der Waals surface area contributed by atoms with Gasteiger partial charge in [0.2, 0.25) is 15.9 Å². The van der Waals surface area contributed by atoms with Gasteiger partial charge >= 0.3 is 0 Å². The summed E-state index contributed by atoms with van der Waals surface area (Å²) in [5.74, 6) is -0.858. The fourth-order valence-corrected chi connectivity index (χ4v) is 5.26. The molecule has 3 rings (SSSR count). The molecule has 0 radical (unpaired) electrons. The number of benzene rings is 2. The number of amides is 2. The third-order valence-corrected chi connectivity index (χ3v) is 6.56. The molecule has 7 heteroatoms. The first-order valence-electron chi connectivity index (χ1n) is 8.59. The molecule has 27 heavy (non-hydrogen) atoms. The van der Waals surface area contributed by atoms with E-state index >= 15 is 0 Å². The van der Waals surface area contributed by atoms with Crippen LogP contribution >= 0.6 is 0 Å². The Labute approximate surface area is 159 Å². The van der Waals surface area contributed by atoms with Crippen molar-refractivity contribution >= 4 is 27.5 Å². The molecule has 0 saturated carbocycles. The Morgan fingerprint density at radius 1 is 1.07 bits per heavy atom. The largest absolute Gasteiger partial charge is 0.337 e. The molecular formula is C20H22N2O4S. The second-order valence-corrected chi connectivity index (χ2v) is 9.22. The minimum absolute atomic E-state index is 0.179. The van der Waals surface area contributed by atoms with Gasteiger partial charge in [-0.1, -0.05) is 30.3 Å². The molecule has 2 aromatic rings. The maximum absolute atomic E-state index is 12.6. The van der Waals surface area contributed by atoms with Crippen LogP contribution in [0, 0.1) is 5.41 Å². The fourth-order valence-electron chi connectivity index (χ4n) is 3.15. The molecule has 142 valence electrons. The van der Waals surface area contributed by atoms with Crippen LogP contribution in [0.5, 0.6) is 0 Å². The molecule has 0 unspecified atom stereocenters. The van der Waals surface area contributed by atoms with Crippen molar-refractivity contribution in [2.24, 2.45) is 5.41 Å². The number of hydrogen-bond acceptors (Lipinski definition) is 4. The van der Waals surface area contributed by atoms with E-state index in [0.717, 1.165) is 9.87 Å². The Bertz CT molecular complexity index is 967. The summed E-state index contributed by atoms with van der Waals surface area (Å²) in [6.07, 6.45) is 0. The van der Waals surface area contributed by atoms with E-state index in [1.165, 1.54) is 12.1 Å². The highest BCUT2D eigenvalue weighted by molar-refractivity contribution is 7.94. The summed E-state index contributed by atoms with van der Waals surface area (Å²) in [5, 5.41) is 0. The van der Waals surface area contributed by atoms with Crippen molar-refractivity contribution in [3.05, 3.63) is 65.7 Å². The molecular weight excluding hydrogens is 364 g/mol. The van der Waals surface area contributed by atoms with Gasteiger partial charge in [0.25, 0.3) is 5.91 Å². The minimum Gasteiger partial charge on any atom is -0.337 e. The summed E-state index contributed by atoms with van der Waals surface area (Å²) >= 11 is 0. The maximum atomic E-state index is 12.6. The van der Waals surface area contributed by atoms with E-state index in [-0.39, 0.29) is 17.3 Å².